The molecule has 3 aliphatic rings. The molecule has 8 nitrogen and oxygen atoms in total. The molecule has 3 fully saturated rings. The highest BCUT2D eigenvalue weighted by Gasteiger charge is 2.76. The number of hydrogen-bond donors (Lipinski definition) is 1. The summed E-state index contributed by atoms with van der Waals surface area (Å²) in [5, 5.41) is 9.32. The van der Waals surface area contributed by atoms with Crippen LogP contribution >= 0.6 is 15.9 Å². The van der Waals surface area contributed by atoms with Crippen molar-refractivity contribution in [2.75, 3.05) is 33.3 Å². The number of unbranched alkanes of at least 4 members (excludes halogenated alkanes) is 1. The molecule has 0 aromatic carbocycles. The lowest BCUT2D eigenvalue weighted by Gasteiger charge is -2.39. The lowest BCUT2D eigenvalue weighted by Crippen LogP contribution is -2.58. The van der Waals surface area contributed by atoms with E-state index in [4.69, 9.17) is 4.74 Å². The van der Waals surface area contributed by atoms with Crippen LogP contribution in [0.4, 0.5) is 0 Å². The van der Waals surface area contributed by atoms with Crippen LogP contribution in [0.25, 0.3) is 0 Å². The molecule has 3 aliphatic heterocycles. The van der Waals surface area contributed by atoms with E-state index in [0.717, 1.165) is 12.8 Å². The van der Waals surface area contributed by atoms with Crippen molar-refractivity contribution in [3.63, 3.8) is 0 Å². The van der Waals surface area contributed by atoms with E-state index in [1.165, 1.54) is 0 Å². The first-order valence-electron chi connectivity index (χ1n) is 12.7. The van der Waals surface area contributed by atoms with Crippen LogP contribution in [0, 0.1) is 11.8 Å². The molecule has 0 aliphatic carbocycles. The van der Waals surface area contributed by atoms with Crippen LogP contribution in [0.5, 0.6) is 0 Å². The summed E-state index contributed by atoms with van der Waals surface area (Å²) in [6, 6.07) is -0.838. The van der Waals surface area contributed by atoms with Crippen LogP contribution in [-0.2, 0) is 19.1 Å². The molecule has 0 radical (unpaired) electrons. The zero-order chi connectivity index (χ0) is 25.9. The Labute approximate surface area is 217 Å². The molecule has 1 spiro atoms. The van der Waals surface area contributed by atoms with Gasteiger partial charge in [0.25, 0.3) is 0 Å². The van der Waals surface area contributed by atoms with E-state index in [1.807, 2.05) is 6.92 Å². The van der Waals surface area contributed by atoms with E-state index in [0.29, 0.717) is 38.9 Å². The van der Waals surface area contributed by atoms with Crippen LogP contribution in [0.3, 0.4) is 0 Å². The molecule has 196 valence electrons. The molecule has 3 heterocycles. The zero-order valence-electron chi connectivity index (χ0n) is 21.2. The van der Waals surface area contributed by atoms with E-state index < -0.39 is 29.6 Å². The standard InChI is InChI=1S/C26H40BrN3O5/c1-6-11-17(4)29(13-8-3)25(34)22-26-16-18(27)21(35-26)19(23(32)28(5)12-7-2)20(26)24(33)30(22)14-9-10-15-31/h7-8,17-22,31H,2-3,6,9-16H2,1,4-5H3/t17?,18?,19-,20+,21-,22?,26?/m1/s1. The summed E-state index contributed by atoms with van der Waals surface area (Å²) in [7, 11) is 1.70. The Morgan fingerprint density at radius 1 is 1.29 bits per heavy atom. The van der Waals surface area contributed by atoms with Gasteiger partial charge in [0.05, 0.1) is 17.9 Å². The Hall–Kier alpha value is -1.71. The number of nitrogens with zero attached hydrogens (tertiary/aromatic N) is 3. The van der Waals surface area contributed by atoms with Gasteiger partial charge in [-0.2, -0.15) is 0 Å². The molecule has 35 heavy (non-hydrogen) atoms. The number of aliphatic hydroxyl groups is 1. The number of fused-ring (bicyclic) bond motifs is 1. The fourth-order valence-electron chi connectivity index (χ4n) is 6.22. The Morgan fingerprint density at radius 2 is 1.97 bits per heavy atom. The number of aliphatic hydroxyl groups excluding tert-OH is 1. The zero-order valence-corrected chi connectivity index (χ0v) is 22.8. The summed E-state index contributed by atoms with van der Waals surface area (Å²) in [5.41, 5.74) is -1.06. The summed E-state index contributed by atoms with van der Waals surface area (Å²) in [4.78, 5) is 46.5. The molecule has 0 aromatic heterocycles. The minimum atomic E-state index is -1.06. The number of rotatable bonds is 13. The number of alkyl halides is 1. The summed E-state index contributed by atoms with van der Waals surface area (Å²) < 4.78 is 6.56. The first-order chi connectivity index (χ1) is 16.7. The smallest absolute Gasteiger partial charge is 0.248 e. The van der Waals surface area contributed by atoms with E-state index in [-0.39, 0.29) is 35.2 Å². The van der Waals surface area contributed by atoms with Gasteiger partial charge < -0.3 is 24.5 Å². The highest BCUT2D eigenvalue weighted by atomic mass is 79.9. The molecule has 4 unspecified atom stereocenters. The summed E-state index contributed by atoms with van der Waals surface area (Å²) in [5.74, 6) is -1.89. The third kappa shape index (κ3) is 4.83. The van der Waals surface area contributed by atoms with Crippen molar-refractivity contribution in [3.05, 3.63) is 25.3 Å². The molecule has 0 aromatic rings. The number of hydrogen-bond acceptors (Lipinski definition) is 5. The SMILES string of the molecule is C=CCN(C)C(=O)[C@H]1[C@@H]2OC3(CC2Br)C(C(=O)N(CC=C)C(C)CCC)N(CCCCO)C(=O)[C@H]13. The maximum atomic E-state index is 14.2. The summed E-state index contributed by atoms with van der Waals surface area (Å²) >= 11 is 3.71. The predicted octanol–water partition coefficient (Wildman–Crippen LogP) is 2.35. The van der Waals surface area contributed by atoms with Gasteiger partial charge in [0, 0.05) is 44.2 Å². The largest absolute Gasteiger partial charge is 0.396 e. The van der Waals surface area contributed by atoms with Gasteiger partial charge in [-0.1, -0.05) is 41.4 Å². The molecule has 3 rings (SSSR count). The number of ether oxygens (including phenoxy) is 1. The third-order valence-corrected chi connectivity index (χ3v) is 8.59. The minimum Gasteiger partial charge on any atom is -0.396 e. The average Bonchev–Trinajstić information content (AvgIpc) is 3.40. The van der Waals surface area contributed by atoms with Crippen LogP contribution in [-0.4, -0.2) is 99.4 Å². The topological polar surface area (TPSA) is 90.4 Å². The summed E-state index contributed by atoms with van der Waals surface area (Å²) in [6.07, 6.45) is 6.23. The van der Waals surface area contributed by atoms with Crippen molar-refractivity contribution in [1.82, 2.24) is 14.7 Å². The van der Waals surface area contributed by atoms with Crippen molar-refractivity contribution in [2.45, 2.75) is 74.6 Å². The van der Waals surface area contributed by atoms with Gasteiger partial charge in [0.2, 0.25) is 17.7 Å². The Bertz CT molecular complexity index is 838. The maximum Gasteiger partial charge on any atom is 0.248 e. The fraction of sp³-hybridized carbons (Fsp3) is 0.731. The second kappa shape index (κ2) is 11.6. The molecule has 7 atom stereocenters. The molecule has 9 heteroatoms. The van der Waals surface area contributed by atoms with Crippen molar-refractivity contribution in [3.8, 4) is 0 Å². The first kappa shape index (κ1) is 27.9. The average molecular weight is 555 g/mol. The van der Waals surface area contributed by atoms with Crippen LogP contribution in [0.15, 0.2) is 25.3 Å². The van der Waals surface area contributed by atoms with E-state index in [9.17, 15) is 19.5 Å². The fourth-order valence-corrected chi connectivity index (χ4v) is 7.16. The Morgan fingerprint density at radius 3 is 2.57 bits per heavy atom. The molecule has 0 saturated carbocycles. The van der Waals surface area contributed by atoms with E-state index in [2.05, 4.69) is 36.0 Å². The molecule has 2 bridgehead atoms. The van der Waals surface area contributed by atoms with Crippen LogP contribution in [0.2, 0.25) is 0 Å². The van der Waals surface area contributed by atoms with Gasteiger partial charge in [-0.05, 0) is 32.6 Å². The molecular formula is C26H40BrN3O5. The van der Waals surface area contributed by atoms with Gasteiger partial charge in [-0.15, -0.1) is 13.2 Å². The molecular weight excluding hydrogens is 514 g/mol. The molecule has 3 amide bonds. The second-order valence-electron chi connectivity index (χ2n) is 10.1. The Kier molecular flexibility index (Phi) is 9.21. The normalized spacial score (nSPS) is 31.9. The monoisotopic (exact) mass is 553 g/mol. The van der Waals surface area contributed by atoms with Gasteiger partial charge in [-0.25, -0.2) is 0 Å². The number of carbonyl (C=O) groups excluding carboxylic acids is 3. The van der Waals surface area contributed by atoms with Gasteiger partial charge in [0.1, 0.15) is 11.6 Å². The lowest BCUT2D eigenvalue weighted by molar-refractivity contribution is -0.149. The molecule has 1 N–H and O–H groups in total. The van der Waals surface area contributed by atoms with Gasteiger partial charge in [-0.3, -0.25) is 14.4 Å². The quantitative estimate of drug-likeness (QED) is 0.215. The second-order valence-corrected chi connectivity index (χ2v) is 11.2. The predicted molar refractivity (Wildman–Crippen MR) is 138 cm³/mol. The van der Waals surface area contributed by atoms with Crippen LogP contribution < -0.4 is 0 Å². The highest BCUT2D eigenvalue weighted by molar-refractivity contribution is 9.09. The van der Waals surface area contributed by atoms with Crippen molar-refractivity contribution in [1.29, 1.82) is 0 Å². The number of carbonyl (C=O) groups is 3. The number of halogens is 1. The first-order valence-corrected chi connectivity index (χ1v) is 13.6. The van der Waals surface area contributed by atoms with Crippen LogP contribution in [0.1, 0.15) is 46.0 Å². The highest BCUT2D eigenvalue weighted by Crippen LogP contribution is 2.60. The lowest BCUT2D eigenvalue weighted by atomic mass is 9.70. The summed E-state index contributed by atoms with van der Waals surface area (Å²) in [6.45, 7) is 12.8. The number of likely N-dealkylation sites (tertiary alicyclic amines) is 1. The van der Waals surface area contributed by atoms with Gasteiger partial charge >= 0.3 is 0 Å². The minimum absolute atomic E-state index is 0.0147. The number of amides is 3. The van der Waals surface area contributed by atoms with Crippen molar-refractivity contribution >= 4 is 33.7 Å². The third-order valence-electron chi connectivity index (χ3n) is 7.74. The van der Waals surface area contributed by atoms with E-state index in [1.54, 1.807) is 33.9 Å². The Balaban J connectivity index is 2.05. The van der Waals surface area contributed by atoms with E-state index >= 15 is 0 Å². The maximum absolute atomic E-state index is 14.2. The molecule has 3 saturated heterocycles. The number of likely N-dealkylation sites (N-methyl/N-ethyl adjacent to an activating group) is 1. The van der Waals surface area contributed by atoms with Crippen molar-refractivity contribution < 1.29 is 24.2 Å². The van der Waals surface area contributed by atoms with Crippen molar-refractivity contribution in [2.24, 2.45) is 11.8 Å². The van der Waals surface area contributed by atoms with Gasteiger partial charge in [0.15, 0.2) is 0 Å².